The monoisotopic (exact) mass is 330 g/mol. The second kappa shape index (κ2) is 16.2. The summed E-state index contributed by atoms with van der Waals surface area (Å²) < 4.78 is 0.556. The van der Waals surface area contributed by atoms with Crippen LogP contribution in [0.5, 0.6) is 11.8 Å². The predicted octanol–water partition coefficient (Wildman–Crippen LogP) is -3.26. The van der Waals surface area contributed by atoms with Gasteiger partial charge in [-0.25, -0.2) is 0 Å². The number of hydrogen-bond acceptors (Lipinski definition) is 6. The van der Waals surface area contributed by atoms with Crippen LogP contribution in [-0.4, -0.2) is 14.2 Å². The quantitative estimate of drug-likeness (QED) is 0.281. The molecule has 0 unspecified atom stereocenters. The second-order valence-corrected chi connectivity index (χ2v) is 2.73. The summed E-state index contributed by atoms with van der Waals surface area (Å²) in [7, 11) is 1.50. The number of rotatable bonds is 0. The number of nitrogens with zero attached hydrogens (tertiary/aromatic N) is 2. The first-order chi connectivity index (χ1) is 9.61. The van der Waals surface area contributed by atoms with Gasteiger partial charge in [-0.2, -0.15) is 23.7 Å². The molecule has 0 fully saturated rings. The predicted molar refractivity (Wildman–Crippen MR) is 61.5 cm³/mol. The first kappa shape index (κ1) is 24.2. The van der Waals surface area contributed by atoms with Gasteiger partial charge in [-0.3, -0.25) is 0 Å². The van der Waals surface area contributed by atoms with Crippen molar-refractivity contribution in [2.45, 2.75) is 0 Å². The number of hydrogen-bond donors (Lipinski definition) is 0. The van der Waals surface area contributed by atoms with Crippen LogP contribution < -0.4 is 29.9 Å². The van der Waals surface area contributed by atoms with E-state index >= 15 is 0 Å². The van der Waals surface area contributed by atoms with E-state index in [0.717, 1.165) is 14.2 Å². The van der Waals surface area contributed by atoms with E-state index in [-0.39, 0.29) is 31.2 Å². The van der Waals surface area contributed by atoms with Gasteiger partial charge in [0, 0.05) is 12.1 Å². The molecule has 9 heteroatoms. The third-order valence-corrected chi connectivity index (χ3v) is 1.58. The minimum absolute atomic E-state index is 0. The van der Waals surface area contributed by atoms with Gasteiger partial charge in [0.2, 0.25) is 0 Å². The Balaban J connectivity index is -0.000000240. The first-order valence-corrected chi connectivity index (χ1v) is 5.13. The van der Waals surface area contributed by atoms with Gasteiger partial charge in [-0.15, -0.1) is 0 Å². The maximum absolute atomic E-state index is 10.3. The number of pyridine rings is 2. The van der Waals surface area contributed by atoms with Gasteiger partial charge in [0.15, 0.2) is 24.2 Å². The molecule has 0 spiro atoms. The Morgan fingerprint density at radius 2 is 0.952 bits per heavy atom. The SMILES string of the molecule is C[O-].C[O-].[O-]c1cccc[n+]1[O-].[O-]c1cccc[n+]1[O-].[Ti+4]. The van der Waals surface area contributed by atoms with Crippen molar-refractivity contribution in [2.24, 2.45) is 0 Å². The summed E-state index contributed by atoms with van der Waals surface area (Å²) in [4.78, 5) is 0. The molecule has 0 N–H and O–H groups in total. The molecule has 0 radical (unpaired) electrons. The minimum atomic E-state index is -0.521. The van der Waals surface area contributed by atoms with Gasteiger partial charge in [0.05, 0.1) is 0 Å². The molecular formula is C12H14N2O6Ti. The average molecular weight is 330 g/mol. The summed E-state index contributed by atoms with van der Waals surface area (Å²) in [5.74, 6) is -1.04. The van der Waals surface area contributed by atoms with Crippen LogP contribution in [0.15, 0.2) is 48.8 Å². The number of aromatic nitrogens is 2. The molecule has 2 heterocycles. The average Bonchev–Trinajstić information content (AvgIpc) is 2.50. The first-order valence-electron chi connectivity index (χ1n) is 5.13. The zero-order chi connectivity index (χ0) is 16.0. The molecule has 21 heavy (non-hydrogen) atoms. The normalized spacial score (nSPS) is 7.43. The largest absolute Gasteiger partial charge is 4.00 e. The van der Waals surface area contributed by atoms with E-state index in [4.69, 9.17) is 10.2 Å². The fraction of sp³-hybridized carbons (Fsp3) is 0.167. The molecular weight excluding hydrogens is 316 g/mol. The molecule has 2 aromatic heterocycles. The van der Waals surface area contributed by atoms with E-state index in [2.05, 4.69) is 0 Å². The minimum Gasteiger partial charge on any atom is -0.857 e. The van der Waals surface area contributed by atoms with Crippen LogP contribution in [0.2, 0.25) is 0 Å². The Hall–Kier alpha value is -1.87. The van der Waals surface area contributed by atoms with Gasteiger partial charge in [0.1, 0.15) is 0 Å². The van der Waals surface area contributed by atoms with Gasteiger partial charge < -0.3 is 30.8 Å². The molecule has 0 saturated heterocycles. The second-order valence-electron chi connectivity index (χ2n) is 2.73. The smallest absolute Gasteiger partial charge is 0.857 e. The summed E-state index contributed by atoms with van der Waals surface area (Å²) >= 11 is 0. The van der Waals surface area contributed by atoms with Crippen LogP contribution in [0.25, 0.3) is 0 Å². The molecule has 0 aliphatic heterocycles. The van der Waals surface area contributed by atoms with Crippen LogP contribution in [0.1, 0.15) is 0 Å². The van der Waals surface area contributed by atoms with Crippen molar-refractivity contribution in [1.29, 1.82) is 0 Å². The molecule has 112 valence electrons. The zero-order valence-electron chi connectivity index (χ0n) is 11.5. The van der Waals surface area contributed by atoms with E-state index in [9.17, 15) is 20.6 Å². The van der Waals surface area contributed by atoms with Crippen LogP contribution in [0, 0.1) is 10.4 Å². The molecule has 0 bridgehead atoms. The van der Waals surface area contributed by atoms with Crippen molar-refractivity contribution in [3.05, 3.63) is 59.2 Å². The molecule has 0 saturated carbocycles. The van der Waals surface area contributed by atoms with Crippen molar-refractivity contribution < 1.29 is 51.6 Å². The molecule has 8 nitrogen and oxygen atoms in total. The Bertz CT molecular complexity index is 388. The van der Waals surface area contributed by atoms with Crippen molar-refractivity contribution in [1.82, 2.24) is 0 Å². The Labute approximate surface area is 137 Å². The van der Waals surface area contributed by atoms with Crippen LogP contribution in [0.4, 0.5) is 0 Å². The molecule has 0 amide bonds. The maximum Gasteiger partial charge on any atom is 4.00 e. The fourth-order valence-corrected chi connectivity index (χ4v) is 0.825. The summed E-state index contributed by atoms with van der Waals surface area (Å²) in [6.07, 6.45) is 2.34. The van der Waals surface area contributed by atoms with Crippen molar-refractivity contribution in [3.63, 3.8) is 0 Å². The molecule has 0 aliphatic carbocycles. The van der Waals surface area contributed by atoms with E-state index in [1.165, 1.54) is 48.8 Å². The summed E-state index contributed by atoms with van der Waals surface area (Å²) in [6, 6.07) is 8.50. The van der Waals surface area contributed by atoms with Crippen molar-refractivity contribution in [3.8, 4) is 11.8 Å². The molecule has 2 aromatic rings. The third kappa shape index (κ3) is 11.6. The summed E-state index contributed by atoms with van der Waals surface area (Å²) in [5.41, 5.74) is 0. The van der Waals surface area contributed by atoms with Crippen molar-refractivity contribution in [2.75, 3.05) is 14.2 Å². The van der Waals surface area contributed by atoms with Crippen LogP contribution in [0.3, 0.4) is 0 Å². The van der Waals surface area contributed by atoms with Crippen LogP contribution >= 0.6 is 0 Å². The summed E-state index contributed by atoms with van der Waals surface area (Å²) in [5, 5.41) is 57.5. The van der Waals surface area contributed by atoms with E-state index in [1.54, 1.807) is 0 Å². The van der Waals surface area contributed by atoms with E-state index in [1.807, 2.05) is 0 Å². The van der Waals surface area contributed by atoms with Crippen molar-refractivity contribution >= 4 is 0 Å². The van der Waals surface area contributed by atoms with Gasteiger partial charge in [-0.05, 0) is 12.1 Å². The van der Waals surface area contributed by atoms with Gasteiger partial charge in [-0.1, -0.05) is 12.1 Å². The standard InChI is InChI=1S/2C5H5NO2.2CH3O.Ti/c2*7-5-3-1-2-4-6(5)8;2*1-2;/h2*1-4,7H;2*1H3;/q;;2*-1;+4/p-2. The molecule has 0 aliphatic rings. The Morgan fingerprint density at radius 1 is 0.667 bits per heavy atom. The molecule has 0 aromatic carbocycles. The van der Waals surface area contributed by atoms with Crippen LogP contribution in [-0.2, 0) is 21.7 Å². The van der Waals surface area contributed by atoms with Gasteiger partial charge in [0.25, 0.3) is 0 Å². The van der Waals surface area contributed by atoms with E-state index in [0.29, 0.717) is 0 Å². The third-order valence-electron chi connectivity index (χ3n) is 1.58. The van der Waals surface area contributed by atoms with E-state index < -0.39 is 11.8 Å². The Morgan fingerprint density at radius 3 is 1.10 bits per heavy atom. The molecule has 2 rings (SSSR count). The summed E-state index contributed by atoms with van der Waals surface area (Å²) in [6.45, 7) is 0. The Kier molecular flexibility index (Phi) is 18.6. The zero-order valence-corrected chi connectivity index (χ0v) is 13.0. The molecule has 0 atom stereocenters. The topological polar surface area (TPSA) is 146 Å². The maximum atomic E-state index is 10.3. The van der Waals surface area contributed by atoms with Gasteiger partial charge >= 0.3 is 21.7 Å². The fourth-order valence-electron chi connectivity index (χ4n) is 0.825.